The van der Waals surface area contributed by atoms with Crippen LogP contribution in [0.25, 0.3) is 0 Å². The molecule has 0 aliphatic heterocycles. The van der Waals surface area contributed by atoms with Crippen molar-refractivity contribution in [3.8, 4) is 0 Å². The third-order valence-electron chi connectivity index (χ3n) is 2.79. The smallest absolute Gasteiger partial charge is 0.250 e. The van der Waals surface area contributed by atoms with Gasteiger partial charge in [0.05, 0.1) is 11.5 Å². The predicted octanol–water partition coefficient (Wildman–Crippen LogP) is 4.63. The van der Waals surface area contributed by atoms with Crippen molar-refractivity contribution in [1.29, 1.82) is 0 Å². The van der Waals surface area contributed by atoms with Crippen molar-refractivity contribution in [2.45, 2.75) is 11.8 Å². The molecular weight excluding hydrogens is 339 g/mol. The molecule has 0 unspecified atom stereocenters. The quantitative estimate of drug-likeness (QED) is 0.484. The van der Waals surface area contributed by atoms with E-state index in [0.717, 1.165) is 16.2 Å². The monoisotopic (exact) mass is 352 g/mol. The van der Waals surface area contributed by atoms with Crippen molar-refractivity contribution in [2.24, 2.45) is 5.10 Å². The van der Waals surface area contributed by atoms with Gasteiger partial charge in [-0.15, -0.1) is 11.8 Å². The molecule has 6 heteroatoms. The van der Waals surface area contributed by atoms with Crippen molar-refractivity contribution in [3.63, 3.8) is 0 Å². The largest absolute Gasteiger partial charge is 0.272 e. The van der Waals surface area contributed by atoms with Crippen LogP contribution in [0, 0.1) is 0 Å². The number of benzene rings is 2. The van der Waals surface area contributed by atoms with Crippen molar-refractivity contribution >= 4 is 46.6 Å². The van der Waals surface area contributed by atoms with Crippen molar-refractivity contribution < 1.29 is 4.79 Å². The molecule has 3 nitrogen and oxygen atoms in total. The van der Waals surface area contributed by atoms with Crippen molar-refractivity contribution in [2.75, 3.05) is 5.75 Å². The van der Waals surface area contributed by atoms with Crippen LogP contribution in [0.15, 0.2) is 58.5 Å². The Bertz CT molecular complexity index is 670. The SMILES string of the molecule is C/C(=N/NC(=O)CSc1ccc(Cl)cc1)c1ccc(Cl)cc1. The average Bonchev–Trinajstić information content (AvgIpc) is 2.52. The normalized spacial score (nSPS) is 11.3. The minimum atomic E-state index is -0.159. The third kappa shape index (κ3) is 5.37. The van der Waals surface area contributed by atoms with E-state index >= 15 is 0 Å². The summed E-state index contributed by atoms with van der Waals surface area (Å²) in [5.41, 5.74) is 4.18. The van der Waals surface area contributed by atoms with Gasteiger partial charge < -0.3 is 0 Å². The third-order valence-corrected chi connectivity index (χ3v) is 4.31. The fourth-order valence-electron chi connectivity index (χ4n) is 1.61. The van der Waals surface area contributed by atoms with Gasteiger partial charge >= 0.3 is 0 Å². The second-order valence-corrected chi connectivity index (χ2v) is 6.40. The maximum Gasteiger partial charge on any atom is 0.250 e. The van der Waals surface area contributed by atoms with Crippen LogP contribution in [0.4, 0.5) is 0 Å². The summed E-state index contributed by atoms with van der Waals surface area (Å²) in [6, 6.07) is 14.6. The molecule has 0 radical (unpaired) electrons. The van der Waals surface area contributed by atoms with Gasteiger partial charge in [0.1, 0.15) is 0 Å². The van der Waals surface area contributed by atoms with E-state index in [1.54, 1.807) is 24.3 Å². The Hall–Kier alpha value is -1.49. The van der Waals surface area contributed by atoms with Gasteiger partial charge in [0.25, 0.3) is 0 Å². The molecule has 0 spiro atoms. The summed E-state index contributed by atoms with van der Waals surface area (Å²) in [5.74, 6) is 0.132. The zero-order chi connectivity index (χ0) is 15.9. The summed E-state index contributed by atoms with van der Waals surface area (Å²) in [6.07, 6.45) is 0. The number of hydrogen-bond acceptors (Lipinski definition) is 3. The molecule has 0 heterocycles. The van der Waals surface area contributed by atoms with E-state index in [0.29, 0.717) is 15.8 Å². The van der Waals surface area contributed by atoms with E-state index < -0.39 is 0 Å². The summed E-state index contributed by atoms with van der Waals surface area (Å²) in [7, 11) is 0. The summed E-state index contributed by atoms with van der Waals surface area (Å²) in [4.78, 5) is 12.8. The molecule has 0 bridgehead atoms. The summed E-state index contributed by atoms with van der Waals surface area (Å²) >= 11 is 13.1. The van der Waals surface area contributed by atoms with E-state index in [2.05, 4.69) is 10.5 Å². The summed E-state index contributed by atoms with van der Waals surface area (Å²) < 4.78 is 0. The van der Waals surface area contributed by atoms with Crippen LogP contribution in [-0.2, 0) is 4.79 Å². The van der Waals surface area contributed by atoms with Crippen LogP contribution in [-0.4, -0.2) is 17.4 Å². The van der Waals surface area contributed by atoms with E-state index in [-0.39, 0.29) is 5.91 Å². The Morgan fingerprint density at radius 3 is 2.18 bits per heavy atom. The first-order valence-electron chi connectivity index (χ1n) is 6.52. The number of nitrogens with zero attached hydrogens (tertiary/aromatic N) is 1. The van der Waals surface area contributed by atoms with Crippen LogP contribution in [0.2, 0.25) is 10.0 Å². The number of hydrazone groups is 1. The second kappa shape index (κ2) is 8.22. The van der Waals surface area contributed by atoms with Crippen molar-refractivity contribution in [3.05, 3.63) is 64.1 Å². The maximum atomic E-state index is 11.8. The maximum absolute atomic E-state index is 11.8. The first-order chi connectivity index (χ1) is 10.5. The number of halogens is 2. The summed E-state index contributed by atoms with van der Waals surface area (Å²) in [5, 5.41) is 5.43. The lowest BCUT2D eigenvalue weighted by atomic mass is 10.1. The van der Waals surface area contributed by atoms with Gasteiger partial charge in [-0.05, 0) is 48.9 Å². The number of carbonyl (C=O) groups excluding carboxylic acids is 1. The number of rotatable bonds is 5. The lowest BCUT2D eigenvalue weighted by molar-refractivity contribution is -0.118. The Morgan fingerprint density at radius 2 is 1.59 bits per heavy atom. The molecule has 0 saturated heterocycles. The standard InChI is InChI=1S/C16H14Cl2N2OS/c1-11(12-2-4-13(17)5-3-12)19-20-16(21)10-22-15-8-6-14(18)7-9-15/h2-9H,10H2,1H3,(H,20,21)/b19-11-. The first kappa shape index (κ1) is 16.9. The number of nitrogens with one attached hydrogen (secondary N) is 1. The Balaban J connectivity index is 1.85. The molecular formula is C16H14Cl2N2OS. The van der Waals surface area contributed by atoms with Crippen LogP contribution in [0.1, 0.15) is 12.5 Å². The fourth-order valence-corrected chi connectivity index (χ4v) is 2.56. The highest BCUT2D eigenvalue weighted by Gasteiger charge is 2.03. The molecule has 0 atom stereocenters. The Kier molecular flexibility index (Phi) is 6.31. The fraction of sp³-hybridized carbons (Fsp3) is 0.125. The molecule has 0 aliphatic rings. The van der Waals surface area contributed by atoms with Crippen molar-refractivity contribution in [1.82, 2.24) is 5.43 Å². The highest BCUT2D eigenvalue weighted by Crippen LogP contribution is 2.19. The zero-order valence-corrected chi connectivity index (χ0v) is 14.2. The molecule has 0 saturated carbocycles. The molecule has 2 rings (SSSR count). The van der Waals surface area contributed by atoms with Gasteiger partial charge in [-0.3, -0.25) is 4.79 Å². The minimum Gasteiger partial charge on any atom is -0.272 e. The van der Waals surface area contributed by atoms with Gasteiger partial charge in [-0.1, -0.05) is 35.3 Å². The average molecular weight is 353 g/mol. The lowest BCUT2D eigenvalue weighted by Crippen LogP contribution is -2.21. The second-order valence-electron chi connectivity index (χ2n) is 4.48. The number of amides is 1. The number of carbonyl (C=O) groups is 1. The van der Waals surface area contributed by atoms with Gasteiger partial charge in [0, 0.05) is 14.9 Å². The molecule has 22 heavy (non-hydrogen) atoms. The lowest BCUT2D eigenvalue weighted by Gasteiger charge is -2.03. The summed E-state index contributed by atoms with van der Waals surface area (Å²) in [6.45, 7) is 1.83. The topological polar surface area (TPSA) is 41.5 Å². The Morgan fingerprint density at radius 1 is 1.05 bits per heavy atom. The highest BCUT2D eigenvalue weighted by atomic mass is 35.5. The van der Waals surface area contributed by atoms with E-state index in [1.165, 1.54) is 11.8 Å². The molecule has 0 fully saturated rings. The van der Waals surface area contributed by atoms with Crippen LogP contribution in [0.3, 0.4) is 0 Å². The molecule has 2 aromatic carbocycles. The van der Waals surface area contributed by atoms with E-state index in [4.69, 9.17) is 23.2 Å². The van der Waals surface area contributed by atoms with Gasteiger partial charge in [-0.2, -0.15) is 5.10 Å². The Labute approximate surface area is 143 Å². The van der Waals surface area contributed by atoms with E-state index in [9.17, 15) is 4.79 Å². The molecule has 114 valence electrons. The number of thioether (sulfide) groups is 1. The highest BCUT2D eigenvalue weighted by molar-refractivity contribution is 8.00. The van der Waals surface area contributed by atoms with Crippen LogP contribution >= 0.6 is 35.0 Å². The number of hydrogen-bond donors (Lipinski definition) is 1. The molecule has 0 aromatic heterocycles. The zero-order valence-electron chi connectivity index (χ0n) is 11.8. The van der Waals surface area contributed by atoms with Gasteiger partial charge in [0.2, 0.25) is 5.91 Å². The molecule has 1 N–H and O–H groups in total. The predicted molar refractivity (Wildman–Crippen MR) is 94.0 cm³/mol. The van der Waals surface area contributed by atoms with Gasteiger partial charge in [-0.25, -0.2) is 5.43 Å². The molecule has 1 amide bonds. The minimum absolute atomic E-state index is 0.159. The van der Waals surface area contributed by atoms with Gasteiger partial charge in [0.15, 0.2) is 0 Å². The molecule has 0 aliphatic carbocycles. The van der Waals surface area contributed by atoms with Crippen LogP contribution < -0.4 is 5.43 Å². The van der Waals surface area contributed by atoms with E-state index in [1.807, 2.05) is 31.2 Å². The first-order valence-corrected chi connectivity index (χ1v) is 8.26. The van der Waals surface area contributed by atoms with Crippen LogP contribution in [0.5, 0.6) is 0 Å². The molecule has 2 aromatic rings.